The Labute approximate surface area is 128 Å². The second-order valence-electron chi connectivity index (χ2n) is 5.20. The van der Waals surface area contributed by atoms with Crippen LogP contribution in [0.3, 0.4) is 0 Å². The first-order chi connectivity index (χ1) is 10.5. The fourth-order valence-electron chi connectivity index (χ4n) is 2.37. The second-order valence-corrected chi connectivity index (χ2v) is 5.20. The van der Waals surface area contributed by atoms with Gasteiger partial charge in [-0.2, -0.15) is 0 Å². The molecule has 118 valence electrons. The molecule has 5 nitrogen and oxygen atoms in total. The number of nitrogens with zero attached hydrogens (tertiary/aromatic N) is 2. The highest BCUT2D eigenvalue weighted by molar-refractivity contribution is 5.95. The molecular formula is C16H19FN2O3. The summed E-state index contributed by atoms with van der Waals surface area (Å²) in [5, 5.41) is 8.82. The van der Waals surface area contributed by atoms with E-state index < -0.39 is 6.61 Å². The molecule has 1 heterocycles. The van der Waals surface area contributed by atoms with E-state index in [2.05, 4.69) is 0 Å². The van der Waals surface area contributed by atoms with E-state index in [1.54, 1.807) is 24.0 Å². The number of carbonyl (C=O) groups is 2. The Morgan fingerprint density at radius 2 is 1.86 bits per heavy atom. The highest BCUT2D eigenvalue weighted by Gasteiger charge is 2.22. The highest BCUT2D eigenvalue weighted by Crippen LogP contribution is 2.15. The Balaban J connectivity index is 1.98. The Morgan fingerprint density at radius 1 is 1.23 bits per heavy atom. The van der Waals surface area contributed by atoms with Crippen LogP contribution in [0.5, 0.6) is 0 Å². The lowest BCUT2D eigenvalue weighted by Crippen LogP contribution is -2.50. The van der Waals surface area contributed by atoms with Gasteiger partial charge in [0.05, 0.1) is 0 Å². The molecule has 1 saturated heterocycles. The van der Waals surface area contributed by atoms with Gasteiger partial charge in [0.15, 0.2) is 0 Å². The van der Waals surface area contributed by atoms with E-state index in [0.29, 0.717) is 37.3 Å². The molecule has 1 N–H and O–H groups in total. The average Bonchev–Trinajstić information content (AvgIpc) is 2.54. The lowest BCUT2D eigenvalue weighted by Gasteiger charge is -2.34. The number of benzene rings is 1. The van der Waals surface area contributed by atoms with Crippen molar-refractivity contribution < 1.29 is 19.1 Å². The van der Waals surface area contributed by atoms with Crippen LogP contribution in [-0.4, -0.2) is 59.5 Å². The maximum Gasteiger partial charge on any atom is 0.248 e. The number of carbonyl (C=O) groups excluding carboxylic acids is 2. The first kappa shape index (κ1) is 16.2. The Kier molecular flexibility index (Phi) is 5.27. The standard InChI is InChI=1S/C16H19FN2O3/c1-12(13-3-2-4-14(17)10-13)9-15(21)18-5-7-19(8-6-18)16(22)11-20/h2-4,9-10,20H,5-8,11H2,1H3/b12-9-. The first-order valence-electron chi connectivity index (χ1n) is 7.13. The summed E-state index contributed by atoms with van der Waals surface area (Å²) in [6, 6.07) is 6.10. The molecule has 6 heteroatoms. The van der Waals surface area contributed by atoms with E-state index in [9.17, 15) is 14.0 Å². The van der Waals surface area contributed by atoms with Gasteiger partial charge in [-0.15, -0.1) is 0 Å². The number of halogens is 1. The molecule has 0 unspecified atom stereocenters. The molecule has 0 saturated carbocycles. The number of amides is 2. The molecule has 0 radical (unpaired) electrons. The molecule has 0 aliphatic carbocycles. The molecular weight excluding hydrogens is 287 g/mol. The van der Waals surface area contributed by atoms with Crippen molar-refractivity contribution in [2.45, 2.75) is 6.92 Å². The normalized spacial score (nSPS) is 15.9. The van der Waals surface area contributed by atoms with E-state index in [0.717, 1.165) is 0 Å². The Hall–Kier alpha value is -2.21. The number of hydrogen-bond donors (Lipinski definition) is 1. The van der Waals surface area contributed by atoms with Crippen LogP contribution in [0.15, 0.2) is 30.3 Å². The molecule has 1 aromatic rings. The largest absolute Gasteiger partial charge is 0.387 e. The molecule has 22 heavy (non-hydrogen) atoms. The number of piperazine rings is 1. The summed E-state index contributed by atoms with van der Waals surface area (Å²) in [7, 11) is 0. The van der Waals surface area contributed by atoms with Gasteiger partial charge in [-0.3, -0.25) is 9.59 Å². The molecule has 2 amide bonds. The van der Waals surface area contributed by atoms with Crippen molar-refractivity contribution in [1.29, 1.82) is 0 Å². The molecule has 1 aromatic carbocycles. The summed E-state index contributed by atoms with van der Waals surface area (Å²) in [4.78, 5) is 26.8. The van der Waals surface area contributed by atoms with Gasteiger partial charge < -0.3 is 14.9 Å². The minimum Gasteiger partial charge on any atom is -0.387 e. The summed E-state index contributed by atoms with van der Waals surface area (Å²) in [6.45, 7) is 2.94. The van der Waals surface area contributed by atoms with E-state index in [1.165, 1.54) is 23.1 Å². The third kappa shape index (κ3) is 3.92. The van der Waals surface area contributed by atoms with Crippen molar-refractivity contribution in [3.05, 3.63) is 41.7 Å². The molecule has 0 aromatic heterocycles. The van der Waals surface area contributed by atoms with E-state index in [4.69, 9.17) is 5.11 Å². The van der Waals surface area contributed by atoms with E-state index in [-0.39, 0.29) is 17.6 Å². The van der Waals surface area contributed by atoms with Gasteiger partial charge in [0, 0.05) is 32.3 Å². The van der Waals surface area contributed by atoms with Crippen LogP contribution in [-0.2, 0) is 9.59 Å². The van der Waals surface area contributed by atoms with Gasteiger partial charge in [0.1, 0.15) is 12.4 Å². The third-order valence-electron chi connectivity index (χ3n) is 3.70. The lowest BCUT2D eigenvalue weighted by atomic mass is 10.1. The minimum absolute atomic E-state index is 0.155. The molecule has 2 rings (SSSR count). The number of rotatable bonds is 3. The van der Waals surface area contributed by atoms with Gasteiger partial charge in [0.25, 0.3) is 0 Å². The van der Waals surface area contributed by atoms with E-state index >= 15 is 0 Å². The van der Waals surface area contributed by atoms with Crippen LogP contribution in [0, 0.1) is 5.82 Å². The number of hydrogen-bond acceptors (Lipinski definition) is 3. The van der Waals surface area contributed by atoms with Crippen LogP contribution >= 0.6 is 0 Å². The molecule has 1 aliphatic heterocycles. The van der Waals surface area contributed by atoms with Crippen LogP contribution in [0.2, 0.25) is 0 Å². The fraction of sp³-hybridized carbons (Fsp3) is 0.375. The fourth-order valence-corrected chi connectivity index (χ4v) is 2.37. The van der Waals surface area contributed by atoms with Crippen molar-refractivity contribution in [2.75, 3.05) is 32.8 Å². The van der Waals surface area contributed by atoms with Crippen molar-refractivity contribution in [3.8, 4) is 0 Å². The molecule has 0 atom stereocenters. The maximum atomic E-state index is 13.2. The molecule has 1 aliphatic rings. The Morgan fingerprint density at radius 3 is 2.45 bits per heavy atom. The maximum absolute atomic E-state index is 13.2. The SMILES string of the molecule is C/C(=C/C(=O)N1CCN(C(=O)CO)CC1)c1cccc(F)c1. The predicted octanol–water partition coefficient (Wildman–Crippen LogP) is 0.892. The van der Waals surface area contributed by atoms with E-state index in [1.807, 2.05) is 0 Å². The summed E-state index contributed by atoms with van der Waals surface area (Å²) in [5.74, 6) is -0.815. The van der Waals surface area contributed by atoms with Crippen molar-refractivity contribution in [2.24, 2.45) is 0 Å². The summed E-state index contributed by atoms with van der Waals surface area (Å²) >= 11 is 0. The van der Waals surface area contributed by atoms with Gasteiger partial charge in [-0.1, -0.05) is 12.1 Å². The number of allylic oxidation sites excluding steroid dienone is 1. The quantitative estimate of drug-likeness (QED) is 0.844. The van der Waals surface area contributed by atoms with Crippen molar-refractivity contribution >= 4 is 17.4 Å². The minimum atomic E-state index is -0.507. The number of aliphatic hydroxyl groups is 1. The molecule has 0 bridgehead atoms. The smallest absolute Gasteiger partial charge is 0.248 e. The topological polar surface area (TPSA) is 60.9 Å². The predicted molar refractivity (Wildman–Crippen MR) is 80.3 cm³/mol. The second kappa shape index (κ2) is 7.17. The highest BCUT2D eigenvalue weighted by atomic mass is 19.1. The van der Waals surface area contributed by atoms with Gasteiger partial charge in [-0.25, -0.2) is 4.39 Å². The lowest BCUT2D eigenvalue weighted by molar-refractivity contribution is -0.139. The van der Waals surface area contributed by atoms with Gasteiger partial charge in [-0.05, 0) is 30.2 Å². The van der Waals surface area contributed by atoms with Crippen molar-refractivity contribution in [1.82, 2.24) is 9.80 Å². The zero-order valence-corrected chi connectivity index (χ0v) is 12.5. The summed E-state index contributed by atoms with van der Waals surface area (Å²) in [5.41, 5.74) is 1.36. The van der Waals surface area contributed by atoms with Crippen LogP contribution in [0.4, 0.5) is 4.39 Å². The average molecular weight is 306 g/mol. The first-order valence-corrected chi connectivity index (χ1v) is 7.13. The Bertz CT molecular complexity index is 593. The summed E-state index contributed by atoms with van der Waals surface area (Å²) in [6.07, 6.45) is 1.48. The zero-order valence-electron chi connectivity index (χ0n) is 12.5. The summed E-state index contributed by atoms with van der Waals surface area (Å²) < 4.78 is 13.2. The number of aliphatic hydroxyl groups excluding tert-OH is 1. The monoisotopic (exact) mass is 306 g/mol. The van der Waals surface area contributed by atoms with Crippen LogP contribution < -0.4 is 0 Å². The molecule has 0 spiro atoms. The van der Waals surface area contributed by atoms with Crippen molar-refractivity contribution in [3.63, 3.8) is 0 Å². The zero-order chi connectivity index (χ0) is 16.1. The van der Waals surface area contributed by atoms with Crippen LogP contribution in [0.1, 0.15) is 12.5 Å². The molecule has 1 fully saturated rings. The van der Waals surface area contributed by atoms with Gasteiger partial charge in [0.2, 0.25) is 11.8 Å². The third-order valence-corrected chi connectivity index (χ3v) is 3.70. The van der Waals surface area contributed by atoms with Gasteiger partial charge >= 0.3 is 0 Å². The van der Waals surface area contributed by atoms with Crippen LogP contribution in [0.25, 0.3) is 5.57 Å².